The van der Waals surface area contributed by atoms with Gasteiger partial charge in [0, 0.05) is 43.0 Å². The van der Waals surface area contributed by atoms with E-state index in [0.29, 0.717) is 0 Å². The molecule has 5 aromatic carbocycles. The molecule has 0 N–H and O–H groups in total. The summed E-state index contributed by atoms with van der Waals surface area (Å²) >= 11 is 0. The van der Waals surface area contributed by atoms with Crippen LogP contribution in [-0.2, 0) is 21.1 Å². The van der Waals surface area contributed by atoms with Crippen LogP contribution in [0, 0.1) is 0 Å². The molecule has 0 unspecified atom stereocenters. The van der Waals surface area contributed by atoms with Crippen LogP contribution >= 0.6 is 0 Å². The first kappa shape index (κ1) is 24.9. The van der Waals surface area contributed by atoms with Gasteiger partial charge in [-0.05, 0) is 34.4 Å². The van der Waals surface area contributed by atoms with E-state index in [1.165, 1.54) is 11.1 Å². The standard InChI is InChI=1S/C36H24N2.W/c1-5-13-25(14-6-1)31-23-33(27-17-9-3-10-18-27)37-35-29(31)21-22-30-32(26-15-7-2-8-16-26)24-34(38-36(30)35)28-19-11-4-12-20-28;/h1-24H;. The molecule has 0 fully saturated rings. The van der Waals surface area contributed by atoms with Gasteiger partial charge < -0.3 is 0 Å². The van der Waals surface area contributed by atoms with Gasteiger partial charge in [-0.25, -0.2) is 9.97 Å². The number of benzene rings is 5. The molecule has 2 aromatic heterocycles. The fourth-order valence-electron chi connectivity index (χ4n) is 5.20. The third kappa shape index (κ3) is 4.69. The molecule has 0 saturated heterocycles. The van der Waals surface area contributed by atoms with Gasteiger partial charge in [0.25, 0.3) is 0 Å². The molecule has 0 bridgehead atoms. The normalized spacial score (nSPS) is 10.9. The molecule has 0 spiro atoms. The maximum Gasteiger partial charge on any atom is 0.0978 e. The van der Waals surface area contributed by atoms with Crippen molar-refractivity contribution in [1.82, 2.24) is 9.97 Å². The molecule has 0 amide bonds. The number of hydrogen-bond acceptors (Lipinski definition) is 2. The number of hydrogen-bond donors (Lipinski definition) is 0. The second-order valence-electron chi connectivity index (χ2n) is 9.43. The number of aromatic nitrogens is 2. The fourth-order valence-corrected chi connectivity index (χ4v) is 5.20. The van der Waals surface area contributed by atoms with E-state index in [1.54, 1.807) is 0 Å². The summed E-state index contributed by atoms with van der Waals surface area (Å²) in [6.45, 7) is 0. The molecular formula is C36H24N2W. The number of fused-ring (bicyclic) bond motifs is 3. The smallest absolute Gasteiger partial charge is 0.0978 e. The molecule has 2 heterocycles. The Bertz CT molecular complexity index is 1740. The maximum absolute atomic E-state index is 5.27. The summed E-state index contributed by atoms with van der Waals surface area (Å²) in [5.41, 5.74) is 10.5. The van der Waals surface area contributed by atoms with E-state index >= 15 is 0 Å². The second-order valence-corrected chi connectivity index (χ2v) is 9.43. The predicted octanol–water partition coefficient (Wildman–Crippen LogP) is 9.45. The van der Waals surface area contributed by atoms with Crippen molar-refractivity contribution in [2.45, 2.75) is 0 Å². The van der Waals surface area contributed by atoms with E-state index in [4.69, 9.17) is 9.97 Å². The minimum absolute atomic E-state index is 0. The molecule has 2 nitrogen and oxygen atoms in total. The van der Waals surface area contributed by atoms with Crippen molar-refractivity contribution in [3.8, 4) is 44.8 Å². The van der Waals surface area contributed by atoms with Crippen molar-refractivity contribution < 1.29 is 21.1 Å². The summed E-state index contributed by atoms with van der Waals surface area (Å²) in [5, 5.41) is 2.19. The summed E-state index contributed by atoms with van der Waals surface area (Å²) in [6, 6.07) is 50.7. The van der Waals surface area contributed by atoms with E-state index in [0.717, 1.165) is 55.4 Å². The third-order valence-corrected chi connectivity index (χ3v) is 7.07. The molecule has 39 heavy (non-hydrogen) atoms. The number of nitrogens with zero attached hydrogens (tertiary/aromatic N) is 2. The molecule has 0 saturated carbocycles. The average molecular weight is 668 g/mol. The van der Waals surface area contributed by atoms with Crippen LogP contribution in [-0.4, -0.2) is 9.97 Å². The summed E-state index contributed by atoms with van der Waals surface area (Å²) in [7, 11) is 0. The minimum atomic E-state index is 0. The summed E-state index contributed by atoms with van der Waals surface area (Å²) in [6.07, 6.45) is 0. The van der Waals surface area contributed by atoms with Crippen LogP contribution in [0.4, 0.5) is 0 Å². The van der Waals surface area contributed by atoms with Gasteiger partial charge in [0.2, 0.25) is 0 Å². The Balaban J connectivity index is 0.00000277. The molecule has 0 radical (unpaired) electrons. The van der Waals surface area contributed by atoms with E-state index < -0.39 is 0 Å². The van der Waals surface area contributed by atoms with Crippen LogP contribution < -0.4 is 0 Å². The van der Waals surface area contributed by atoms with Crippen LogP contribution in [0.3, 0.4) is 0 Å². The van der Waals surface area contributed by atoms with Crippen LogP contribution in [0.2, 0.25) is 0 Å². The van der Waals surface area contributed by atoms with Gasteiger partial charge in [0.15, 0.2) is 0 Å². The van der Waals surface area contributed by atoms with Crippen molar-refractivity contribution in [3.63, 3.8) is 0 Å². The van der Waals surface area contributed by atoms with Crippen molar-refractivity contribution in [2.24, 2.45) is 0 Å². The topological polar surface area (TPSA) is 25.8 Å². The molecule has 0 aliphatic rings. The number of rotatable bonds is 4. The molecule has 184 valence electrons. The molecule has 0 aliphatic carbocycles. The monoisotopic (exact) mass is 668 g/mol. The molecule has 7 rings (SSSR count). The van der Waals surface area contributed by atoms with E-state index in [2.05, 4.69) is 133 Å². The van der Waals surface area contributed by atoms with E-state index in [-0.39, 0.29) is 21.1 Å². The summed E-state index contributed by atoms with van der Waals surface area (Å²) < 4.78 is 0. The Morgan fingerprint density at radius 1 is 0.333 bits per heavy atom. The van der Waals surface area contributed by atoms with E-state index in [1.807, 2.05) is 12.1 Å². The average Bonchev–Trinajstić information content (AvgIpc) is 3.01. The first-order valence-electron chi connectivity index (χ1n) is 12.9. The zero-order valence-electron chi connectivity index (χ0n) is 21.2. The zero-order chi connectivity index (χ0) is 25.3. The second kappa shape index (κ2) is 10.8. The van der Waals surface area contributed by atoms with Crippen molar-refractivity contribution >= 4 is 21.8 Å². The minimum Gasteiger partial charge on any atom is -0.245 e. The Kier molecular flexibility index (Phi) is 6.88. The quantitative estimate of drug-likeness (QED) is 0.175. The maximum atomic E-state index is 5.27. The zero-order valence-corrected chi connectivity index (χ0v) is 24.1. The Hall–Kier alpha value is -4.39. The first-order valence-corrected chi connectivity index (χ1v) is 12.9. The number of pyridine rings is 2. The van der Waals surface area contributed by atoms with Gasteiger partial charge in [0.1, 0.15) is 0 Å². The van der Waals surface area contributed by atoms with Gasteiger partial charge in [-0.2, -0.15) is 0 Å². The van der Waals surface area contributed by atoms with E-state index in [9.17, 15) is 0 Å². The van der Waals surface area contributed by atoms with Crippen molar-refractivity contribution in [1.29, 1.82) is 0 Å². The van der Waals surface area contributed by atoms with Gasteiger partial charge in [-0.15, -0.1) is 0 Å². The van der Waals surface area contributed by atoms with Gasteiger partial charge in [-0.1, -0.05) is 133 Å². The summed E-state index contributed by atoms with van der Waals surface area (Å²) in [4.78, 5) is 10.5. The van der Waals surface area contributed by atoms with Crippen LogP contribution in [0.1, 0.15) is 0 Å². The molecule has 0 aliphatic heterocycles. The Morgan fingerprint density at radius 2 is 0.641 bits per heavy atom. The van der Waals surface area contributed by atoms with Crippen molar-refractivity contribution in [2.75, 3.05) is 0 Å². The summed E-state index contributed by atoms with van der Waals surface area (Å²) in [5.74, 6) is 0. The Morgan fingerprint density at radius 3 is 0.974 bits per heavy atom. The van der Waals surface area contributed by atoms with Gasteiger partial charge in [-0.3, -0.25) is 0 Å². The first-order chi connectivity index (χ1) is 18.8. The third-order valence-electron chi connectivity index (χ3n) is 7.07. The van der Waals surface area contributed by atoms with Crippen LogP contribution in [0.15, 0.2) is 146 Å². The molecule has 0 atom stereocenters. The van der Waals surface area contributed by atoms with Crippen LogP contribution in [0.5, 0.6) is 0 Å². The largest absolute Gasteiger partial charge is 0.245 e. The predicted molar refractivity (Wildman–Crippen MR) is 159 cm³/mol. The van der Waals surface area contributed by atoms with Gasteiger partial charge in [0.05, 0.1) is 22.4 Å². The van der Waals surface area contributed by atoms with Gasteiger partial charge >= 0.3 is 0 Å². The molecule has 3 heteroatoms. The fraction of sp³-hybridized carbons (Fsp3) is 0. The molecule has 7 aromatic rings. The Labute approximate surface area is 242 Å². The van der Waals surface area contributed by atoms with Crippen molar-refractivity contribution in [3.05, 3.63) is 146 Å². The van der Waals surface area contributed by atoms with Crippen LogP contribution in [0.25, 0.3) is 66.6 Å². The molecular weight excluding hydrogens is 644 g/mol. The SMILES string of the molecule is [W].c1ccc(-c2cc(-c3ccccc3)c3ccc4c(-c5ccccc5)cc(-c5ccccc5)nc4c3n2)cc1.